The Morgan fingerprint density at radius 1 is 1.03 bits per heavy atom. The lowest BCUT2D eigenvalue weighted by Gasteiger charge is -2.07. The second kappa shape index (κ2) is 8.67. The topological polar surface area (TPSA) is 85.8 Å². The summed E-state index contributed by atoms with van der Waals surface area (Å²) in [6.45, 7) is 0. The van der Waals surface area contributed by atoms with Gasteiger partial charge in [0, 0.05) is 16.6 Å². The van der Waals surface area contributed by atoms with Gasteiger partial charge < -0.3 is 11.2 Å². The van der Waals surface area contributed by atoms with Gasteiger partial charge in [0.25, 0.3) is 0 Å². The molecule has 0 aliphatic heterocycles. The van der Waals surface area contributed by atoms with Crippen LogP contribution in [0.15, 0.2) is 76.4 Å². The number of thioether (sulfide) groups is 1. The first-order valence-electron chi connectivity index (χ1n) is 8.94. The molecule has 146 valence electrons. The Hall–Kier alpha value is -2.84. The van der Waals surface area contributed by atoms with Gasteiger partial charge in [0.05, 0.1) is 5.75 Å². The molecule has 1 aromatic heterocycles. The molecule has 29 heavy (non-hydrogen) atoms. The minimum Gasteiger partial charge on any atom is -0.336 e. The van der Waals surface area contributed by atoms with Crippen molar-refractivity contribution in [2.24, 2.45) is 0 Å². The van der Waals surface area contributed by atoms with Gasteiger partial charge in [-0.15, -0.1) is 10.2 Å². The van der Waals surface area contributed by atoms with E-state index < -0.39 is 0 Å². The van der Waals surface area contributed by atoms with Crippen LogP contribution in [0.25, 0.3) is 10.8 Å². The minimum absolute atomic E-state index is 0.129. The van der Waals surface area contributed by atoms with Gasteiger partial charge in [0.15, 0.2) is 5.82 Å². The summed E-state index contributed by atoms with van der Waals surface area (Å²) in [5.41, 5.74) is 1.87. The number of rotatable bonds is 6. The third-order valence-corrected chi connectivity index (χ3v) is 5.90. The standard InChI is InChI=1S/C21H18BrN5OS/c22-16-8-10-17(11-9-16)24-20(28)13-29-21-26-25-19(27(21)23)12-15-6-3-5-14-4-1-2-7-18(14)15/h1-11H,12-13,23H2,(H,24,28). The highest BCUT2D eigenvalue weighted by atomic mass is 79.9. The van der Waals surface area contributed by atoms with Crippen molar-refractivity contribution >= 4 is 50.1 Å². The summed E-state index contributed by atoms with van der Waals surface area (Å²) in [5, 5.41) is 14.1. The summed E-state index contributed by atoms with van der Waals surface area (Å²) in [4.78, 5) is 12.2. The molecule has 4 rings (SSSR count). The van der Waals surface area contributed by atoms with Gasteiger partial charge in [-0.2, -0.15) is 0 Å². The fourth-order valence-electron chi connectivity index (χ4n) is 3.00. The molecular weight excluding hydrogens is 450 g/mol. The Kier molecular flexibility index (Phi) is 5.82. The van der Waals surface area contributed by atoms with E-state index >= 15 is 0 Å². The van der Waals surface area contributed by atoms with Crippen LogP contribution in [0.4, 0.5) is 5.69 Å². The van der Waals surface area contributed by atoms with Crippen molar-refractivity contribution in [1.29, 1.82) is 0 Å². The number of nitrogens with zero attached hydrogens (tertiary/aromatic N) is 3. The van der Waals surface area contributed by atoms with Crippen molar-refractivity contribution in [2.45, 2.75) is 11.6 Å². The number of carbonyl (C=O) groups is 1. The zero-order valence-electron chi connectivity index (χ0n) is 15.4. The average molecular weight is 468 g/mol. The molecule has 0 atom stereocenters. The number of aromatic nitrogens is 3. The molecule has 0 radical (unpaired) electrons. The molecular formula is C21H18BrN5OS. The maximum absolute atomic E-state index is 12.2. The van der Waals surface area contributed by atoms with Gasteiger partial charge in [0.2, 0.25) is 11.1 Å². The highest BCUT2D eigenvalue weighted by Gasteiger charge is 2.14. The third kappa shape index (κ3) is 4.60. The van der Waals surface area contributed by atoms with E-state index in [2.05, 4.69) is 55.7 Å². The monoisotopic (exact) mass is 467 g/mol. The van der Waals surface area contributed by atoms with Crippen molar-refractivity contribution in [3.63, 3.8) is 0 Å². The molecule has 3 N–H and O–H groups in total. The fourth-order valence-corrected chi connectivity index (χ4v) is 3.94. The van der Waals surface area contributed by atoms with Crippen molar-refractivity contribution in [1.82, 2.24) is 14.9 Å². The number of nitrogen functional groups attached to an aromatic ring is 1. The first-order valence-corrected chi connectivity index (χ1v) is 10.7. The fraction of sp³-hybridized carbons (Fsp3) is 0.0952. The number of nitrogens with two attached hydrogens (primary N) is 1. The van der Waals surface area contributed by atoms with Crippen LogP contribution in [-0.4, -0.2) is 26.5 Å². The molecule has 0 aliphatic rings. The molecule has 3 aromatic carbocycles. The maximum atomic E-state index is 12.2. The molecule has 0 unspecified atom stereocenters. The molecule has 8 heteroatoms. The average Bonchev–Trinajstić information content (AvgIpc) is 3.08. The number of carbonyl (C=O) groups excluding carboxylic acids is 1. The van der Waals surface area contributed by atoms with Gasteiger partial charge >= 0.3 is 0 Å². The minimum atomic E-state index is -0.129. The number of amides is 1. The molecule has 0 fully saturated rings. The predicted molar refractivity (Wildman–Crippen MR) is 120 cm³/mol. The Bertz CT molecular complexity index is 1150. The number of halogens is 1. The van der Waals surface area contributed by atoms with Crippen molar-refractivity contribution in [3.8, 4) is 0 Å². The summed E-state index contributed by atoms with van der Waals surface area (Å²) in [6.07, 6.45) is 0.566. The zero-order chi connectivity index (χ0) is 20.2. The molecule has 1 amide bonds. The highest BCUT2D eigenvalue weighted by Crippen LogP contribution is 2.22. The summed E-state index contributed by atoms with van der Waals surface area (Å²) in [5.74, 6) is 6.90. The molecule has 1 heterocycles. The van der Waals surface area contributed by atoms with Crippen LogP contribution >= 0.6 is 27.7 Å². The zero-order valence-corrected chi connectivity index (χ0v) is 17.8. The van der Waals surface area contributed by atoms with E-state index in [4.69, 9.17) is 5.84 Å². The number of hydrogen-bond donors (Lipinski definition) is 2. The van der Waals surface area contributed by atoms with E-state index in [1.807, 2.05) is 42.5 Å². The van der Waals surface area contributed by atoms with E-state index in [0.717, 1.165) is 15.7 Å². The lowest BCUT2D eigenvalue weighted by Crippen LogP contribution is -2.17. The number of anilines is 1. The SMILES string of the molecule is Nn1c(Cc2cccc3ccccc23)nnc1SCC(=O)Nc1ccc(Br)cc1. The van der Waals surface area contributed by atoms with Crippen LogP contribution in [0, 0.1) is 0 Å². The van der Waals surface area contributed by atoms with Crippen molar-refractivity contribution in [2.75, 3.05) is 16.9 Å². The van der Waals surface area contributed by atoms with Crippen LogP contribution in [0.1, 0.15) is 11.4 Å². The van der Waals surface area contributed by atoms with Crippen LogP contribution in [0.5, 0.6) is 0 Å². The molecule has 6 nitrogen and oxygen atoms in total. The number of hydrogen-bond acceptors (Lipinski definition) is 5. The van der Waals surface area contributed by atoms with Crippen LogP contribution < -0.4 is 11.2 Å². The van der Waals surface area contributed by atoms with E-state index in [1.165, 1.54) is 27.2 Å². The first-order chi connectivity index (χ1) is 14.1. The largest absolute Gasteiger partial charge is 0.336 e. The molecule has 0 aliphatic carbocycles. The van der Waals surface area contributed by atoms with Gasteiger partial charge in [-0.1, -0.05) is 70.2 Å². The van der Waals surface area contributed by atoms with Gasteiger partial charge in [-0.25, -0.2) is 4.68 Å². The quantitative estimate of drug-likeness (QED) is 0.327. The second-order valence-electron chi connectivity index (χ2n) is 6.43. The Labute approximate surface area is 180 Å². The van der Waals surface area contributed by atoms with Gasteiger partial charge in [-0.3, -0.25) is 4.79 Å². The first kappa shape index (κ1) is 19.5. The van der Waals surface area contributed by atoms with Crippen molar-refractivity contribution < 1.29 is 4.79 Å². The van der Waals surface area contributed by atoms with E-state index in [0.29, 0.717) is 17.4 Å². The lowest BCUT2D eigenvalue weighted by molar-refractivity contribution is -0.113. The Morgan fingerprint density at radius 2 is 1.79 bits per heavy atom. The van der Waals surface area contributed by atoms with Gasteiger partial charge in [0.1, 0.15) is 0 Å². The highest BCUT2D eigenvalue weighted by molar-refractivity contribution is 9.10. The lowest BCUT2D eigenvalue weighted by atomic mass is 10.0. The van der Waals surface area contributed by atoms with Crippen molar-refractivity contribution in [3.05, 3.63) is 82.6 Å². The molecule has 0 saturated heterocycles. The summed E-state index contributed by atoms with van der Waals surface area (Å²) >= 11 is 4.63. The normalized spacial score (nSPS) is 10.9. The number of nitrogens with one attached hydrogen (secondary N) is 1. The molecule has 0 bridgehead atoms. The number of fused-ring (bicyclic) bond motifs is 1. The third-order valence-electron chi connectivity index (χ3n) is 4.42. The molecule has 4 aromatic rings. The Morgan fingerprint density at radius 3 is 2.62 bits per heavy atom. The maximum Gasteiger partial charge on any atom is 0.234 e. The molecule has 0 spiro atoms. The number of benzene rings is 3. The Balaban J connectivity index is 1.42. The summed E-state index contributed by atoms with van der Waals surface area (Å²) < 4.78 is 2.42. The van der Waals surface area contributed by atoms with Crippen LogP contribution in [0.3, 0.4) is 0 Å². The van der Waals surface area contributed by atoms with E-state index in [1.54, 1.807) is 0 Å². The van der Waals surface area contributed by atoms with E-state index in [9.17, 15) is 4.79 Å². The predicted octanol–water partition coefficient (Wildman–Crippen LogP) is 4.23. The van der Waals surface area contributed by atoms with Crippen LogP contribution in [-0.2, 0) is 11.2 Å². The molecule has 0 saturated carbocycles. The second-order valence-corrected chi connectivity index (χ2v) is 8.29. The summed E-state index contributed by atoms with van der Waals surface area (Å²) in [6, 6.07) is 21.8. The van der Waals surface area contributed by atoms with Crippen LogP contribution in [0.2, 0.25) is 0 Å². The van der Waals surface area contributed by atoms with E-state index in [-0.39, 0.29) is 11.7 Å². The summed E-state index contributed by atoms with van der Waals surface area (Å²) in [7, 11) is 0. The smallest absolute Gasteiger partial charge is 0.234 e. The van der Waals surface area contributed by atoms with Gasteiger partial charge in [-0.05, 0) is 40.6 Å².